The van der Waals surface area contributed by atoms with Crippen molar-refractivity contribution in [3.05, 3.63) is 84.9 Å². The van der Waals surface area contributed by atoms with E-state index in [4.69, 9.17) is 11.5 Å². The van der Waals surface area contributed by atoms with E-state index in [1.165, 1.54) is 36.4 Å². The Balaban J connectivity index is 1.81. The Morgan fingerprint density at radius 2 is 0.857 bits per heavy atom. The third-order valence-electron chi connectivity index (χ3n) is 5.65. The molecule has 0 aliphatic rings. The average molecular weight is 655 g/mol. The summed E-state index contributed by atoms with van der Waals surface area (Å²) in [5.74, 6) is 0. The Hall–Kier alpha value is -4.20. The minimum atomic E-state index is -5.13. The van der Waals surface area contributed by atoms with Gasteiger partial charge in [0.1, 0.15) is 9.79 Å². The van der Waals surface area contributed by atoms with Crippen molar-refractivity contribution < 1.29 is 42.8 Å². The Morgan fingerprint density at radius 1 is 0.500 bits per heavy atom. The van der Waals surface area contributed by atoms with Gasteiger partial charge in [0.2, 0.25) is 0 Å². The molecule has 0 heterocycles. The second-order valence-corrected chi connectivity index (χ2v) is 14.9. The molecule has 14 nitrogen and oxygen atoms in total. The summed E-state index contributed by atoms with van der Waals surface area (Å²) < 4.78 is 124. The number of hydrogen-bond acceptors (Lipinski definition) is 10. The average Bonchev–Trinajstić information content (AvgIpc) is 2.87. The predicted molar refractivity (Wildman–Crippen MR) is 155 cm³/mol. The number of hydrogen-bond donors (Lipinski definition) is 6. The molecule has 4 aromatic carbocycles. The SMILES string of the molecule is Nc1cccc(S(=O)(=O)Nc2ccc(-c3ccc(NS(=O)(=O)c4cccc(N)c4)cc3S(=O)(=O)O)c(S(=O)(=O)O)c2)c1. The topological polar surface area (TPSA) is 253 Å². The molecule has 0 atom stereocenters. The van der Waals surface area contributed by atoms with Gasteiger partial charge in [-0.2, -0.15) is 16.8 Å². The number of benzene rings is 4. The Kier molecular flexibility index (Phi) is 7.98. The fourth-order valence-electron chi connectivity index (χ4n) is 3.84. The van der Waals surface area contributed by atoms with Crippen molar-refractivity contribution in [2.45, 2.75) is 19.6 Å². The van der Waals surface area contributed by atoms with Crippen molar-refractivity contribution in [1.82, 2.24) is 0 Å². The zero-order valence-corrected chi connectivity index (χ0v) is 24.3. The van der Waals surface area contributed by atoms with E-state index in [1.807, 2.05) is 0 Å². The van der Waals surface area contributed by atoms with Gasteiger partial charge in [-0.05, 0) is 60.7 Å². The van der Waals surface area contributed by atoms with E-state index in [1.54, 1.807) is 0 Å². The van der Waals surface area contributed by atoms with Gasteiger partial charge in [0.25, 0.3) is 40.3 Å². The van der Waals surface area contributed by atoms with E-state index in [0.717, 1.165) is 48.5 Å². The molecule has 18 heteroatoms. The highest BCUT2D eigenvalue weighted by atomic mass is 32.2. The molecular formula is C24H22N4O10S4. The van der Waals surface area contributed by atoms with Crippen LogP contribution in [0.1, 0.15) is 0 Å². The number of nitrogens with one attached hydrogen (secondary N) is 2. The molecule has 0 aromatic heterocycles. The van der Waals surface area contributed by atoms with Crippen molar-refractivity contribution in [3.8, 4) is 11.1 Å². The number of nitrogens with two attached hydrogens (primary N) is 2. The largest absolute Gasteiger partial charge is 0.399 e. The lowest BCUT2D eigenvalue weighted by molar-refractivity contribution is 0.480. The summed E-state index contributed by atoms with van der Waals surface area (Å²) in [6.07, 6.45) is 0. The van der Waals surface area contributed by atoms with E-state index in [9.17, 15) is 42.8 Å². The fraction of sp³-hybridized carbons (Fsp3) is 0. The quantitative estimate of drug-likeness (QED) is 0.112. The van der Waals surface area contributed by atoms with Gasteiger partial charge in [0, 0.05) is 22.5 Å². The zero-order chi connectivity index (χ0) is 31.1. The first kappa shape index (κ1) is 30.8. The van der Waals surface area contributed by atoms with Gasteiger partial charge in [0.05, 0.1) is 21.2 Å². The van der Waals surface area contributed by atoms with Crippen LogP contribution in [0.15, 0.2) is 105 Å². The summed E-state index contributed by atoms with van der Waals surface area (Å²) in [4.78, 5) is -2.34. The Morgan fingerprint density at radius 3 is 1.17 bits per heavy atom. The van der Waals surface area contributed by atoms with Crippen LogP contribution in [0.3, 0.4) is 0 Å². The second kappa shape index (κ2) is 10.9. The Bertz CT molecular complexity index is 2000. The van der Waals surface area contributed by atoms with Gasteiger partial charge in [0.15, 0.2) is 0 Å². The minimum absolute atomic E-state index is 0.142. The molecule has 42 heavy (non-hydrogen) atoms. The molecule has 4 rings (SSSR count). The van der Waals surface area contributed by atoms with Crippen molar-refractivity contribution in [3.63, 3.8) is 0 Å². The van der Waals surface area contributed by atoms with Gasteiger partial charge in [-0.1, -0.05) is 24.3 Å². The molecule has 0 bridgehead atoms. The maximum atomic E-state index is 12.8. The number of nitrogen functional groups attached to an aromatic ring is 2. The molecule has 0 fully saturated rings. The molecule has 0 radical (unpaired) electrons. The van der Waals surface area contributed by atoms with Crippen LogP contribution in [0.25, 0.3) is 11.1 Å². The monoisotopic (exact) mass is 654 g/mol. The molecule has 222 valence electrons. The number of rotatable bonds is 9. The molecule has 0 spiro atoms. The first-order chi connectivity index (χ1) is 19.4. The van der Waals surface area contributed by atoms with Crippen molar-refractivity contribution in [1.29, 1.82) is 0 Å². The highest BCUT2D eigenvalue weighted by Crippen LogP contribution is 2.36. The van der Waals surface area contributed by atoms with Gasteiger partial charge in [-0.25, -0.2) is 16.8 Å². The third kappa shape index (κ3) is 6.81. The van der Waals surface area contributed by atoms with Crippen LogP contribution < -0.4 is 20.9 Å². The minimum Gasteiger partial charge on any atom is -0.399 e. The van der Waals surface area contributed by atoms with Crippen LogP contribution in [0.5, 0.6) is 0 Å². The van der Waals surface area contributed by atoms with Crippen molar-refractivity contribution >= 4 is 63.0 Å². The summed E-state index contributed by atoms with van der Waals surface area (Å²) in [6, 6.07) is 16.0. The molecule has 0 aliphatic heterocycles. The van der Waals surface area contributed by atoms with Crippen LogP contribution in [-0.2, 0) is 40.3 Å². The fourth-order valence-corrected chi connectivity index (χ4v) is 7.51. The van der Waals surface area contributed by atoms with Crippen LogP contribution in [0, 0.1) is 0 Å². The molecule has 0 unspecified atom stereocenters. The van der Waals surface area contributed by atoms with Crippen LogP contribution in [-0.4, -0.2) is 42.8 Å². The smallest absolute Gasteiger partial charge is 0.295 e. The van der Waals surface area contributed by atoms with E-state index in [0.29, 0.717) is 0 Å². The van der Waals surface area contributed by atoms with Gasteiger partial charge >= 0.3 is 0 Å². The zero-order valence-electron chi connectivity index (χ0n) is 21.0. The molecule has 0 amide bonds. The molecule has 0 saturated heterocycles. The maximum absolute atomic E-state index is 12.8. The Labute approximate surface area is 241 Å². The van der Waals surface area contributed by atoms with Gasteiger partial charge in [-0.15, -0.1) is 0 Å². The normalized spacial score (nSPS) is 12.5. The maximum Gasteiger partial charge on any atom is 0.295 e. The van der Waals surface area contributed by atoms with Gasteiger partial charge in [-0.3, -0.25) is 18.5 Å². The van der Waals surface area contributed by atoms with Crippen LogP contribution in [0.4, 0.5) is 22.7 Å². The lowest BCUT2D eigenvalue weighted by Crippen LogP contribution is -2.14. The molecule has 0 saturated carbocycles. The summed E-state index contributed by atoms with van der Waals surface area (Å²) in [7, 11) is -18.8. The van der Waals surface area contributed by atoms with E-state index in [2.05, 4.69) is 9.44 Å². The lowest BCUT2D eigenvalue weighted by atomic mass is 10.0. The first-order valence-corrected chi connectivity index (χ1v) is 17.2. The van der Waals surface area contributed by atoms with Crippen LogP contribution in [0.2, 0.25) is 0 Å². The number of anilines is 4. The standard InChI is InChI=1S/C24H22N4O10S4/c25-15-3-1-5-19(11-15)39(29,30)27-17-7-9-21(23(13-17)41(33,34)35)22-10-8-18(14-24(22)42(36,37)38)28-40(31,32)20-6-2-4-16(26)12-20/h1-14,27-28H,25-26H2,(H,33,34,35)(H,36,37,38). The highest BCUT2D eigenvalue weighted by molar-refractivity contribution is 7.93. The third-order valence-corrected chi connectivity index (χ3v) is 10.2. The summed E-state index contributed by atoms with van der Waals surface area (Å²) >= 11 is 0. The second-order valence-electron chi connectivity index (χ2n) is 8.73. The summed E-state index contributed by atoms with van der Waals surface area (Å²) in [5.41, 5.74) is 9.97. The lowest BCUT2D eigenvalue weighted by Gasteiger charge is -2.16. The molecule has 0 aliphatic carbocycles. The van der Waals surface area contributed by atoms with Gasteiger partial charge < -0.3 is 11.5 Å². The van der Waals surface area contributed by atoms with E-state index in [-0.39, 0.29) is 32.5 Å². The molecule has 8 N–H and O–H groups in total. The van der Waals surface area contributed by atoms with Crippen molar-refractivity contribution in [2.24, 2.45) is 0 Å². The summed E-state index contributed by atoms with van der Waals surface area (Å²) in [5, 5.41) is 0. The summed E-state index contributed by atoms with van der Waals surface area (Å²) in [6.45, 7) is 0. The predicted octanol–water partition coefficient (Wildman–Crippen LogP) is 2.61. The van der Waals surface area contributed by atoms with E-state index >= 15 is 0 Å². The van der Waals surface area contributed by atoms with Crippen molar-refractivity contribution in [2.75, 3.05) is 20.9 Å². The first-order valence-electron chi connectivity index (χ1n) is 11.4. The molecular weight excluding hydrogens is 633 g/mol. The molecule has 4 aromatic rings. The van der Waals surface area contributed by atoms with E-state index < -0.39 is 61.2 Å². The highest BCUT2D eigenvalue weighted by Gasteiger charge is 2.26. The van der Waals surface area contributed by atoms with Crippen LogP contribution >= 0.6 is 0 Å². The number of sulfonamides is 2.